The quantitative estimate of drug-likeness (QED) is 0.334. The van der Waals surface area contributed by atoms with E-state index in [0.717, 1.165) is 27.0 Å². The molecule has 0 saturated carbocycles. The maximum Gasteiger partial charge on any atom is 0.339 e. The second-order valence-electron chi connectivity index (χ2n) is 6.51. The zero-order chi connectivity index (χ0) is 21.8. The van der Waals surface area contributed by atoms with Crippen LogP contribution in [0.3, 0.4) is 0 Å². The molecule has 8 heteroatoms. The summed E-state index contributed by atoms with van der Waals surface area (Å²) in [6.07, 6.45) is 1.68. The highest BCUT2D eigenvalue weighted by Crippen LogP contribution is 2.26. The van der Waals surface area contributed by atoms with Crippen LogP contribution in [-0.2, 0) is 10.1 Å². The monoisotopic (exact) mass is 496 g/mol. The average molecular weight is 497 g/mol. The van der Waals surface area contributed by atoms with E-state index in [0.29, 0.717) is 5.82 Å². The number of rotatable bonds is 6. The van der Waals surface area contributed by atoms with Gasteiger partial charge >= 0.3 is 10.1 Å². The lowest BCUT2D eigenvalue weighted by Crippen LogP contribution is -2.09. The Morgan fingerprint density at radius 1 is 0.774 bits per heavy atom. The molecule has 31 heavy (non-hydrogen) atoms. The van der Waals surface area contributed by atoms with Crippen molar-refractivity contribution in [3.63, 3.8) is 0 Å². The largest absolute Gasteiger partial charge is 0.497 e. The number of nitrogens with zero attached hydrogens (tertiary/aromatic N) is 2. The van der Waals surface area contributed by atoms with Crippen LogP contribution in [-0.4, -0.2) is 25.5 Å². The van der Waals surface area contributed by atoms with Gasteiger partial charge in [0, 0.05) is 21.8 Å². The number of methoxy groups -OCH3 is 1. The standard InChI is InChI=1S/C23H17BrN2O4S/c1-29-19-8-2-16(3-9-19)22-14-15-25-23(26-22)17-4-10-20(11-5-17)30-31(27,28)21-12-6-18(24)7-13-21/h2-15H,1H3. The van der Waals surface area contributed by atoms with Crippen molar-refractivity contribution < 1.29 is 17.3 Å². The van der Waals surface area contributed by atoms with Gasteiger partial charge in [-0.05, 0) is 78.9 Å². The molecule has 6 nitrogen and oxygen atoms in total. The molecule has 3 aromatic carbocycles. The molecule has 0 fully saturated rings. The third-order valence-corrected chi connectivity index (χ3v) is 6.25. The predicted octanol–water partition coefficient (Wildman–Crippen LogP) is 5.35. The smallest absolute Gasteiger partial charge is 0.339 e. The van der Waals surface area contributed by atoms with Gasteiger partial charge in [0.25, 0.3) is 0 Å². The highest BCUT2D eigenvalue weighted by Gasteiger charge is 2.16. The molecule has 0 radical (unpaired) electrons. The van der Waals surface area contributed by atoms with Crippen molar-refractivity contribution in [3.8, 4) is 34.1 Å². The van der Waals surface area contributed by atoms with Crippen molar-refractivity contribution >= 4 is 26.0 Å². The maximum atomic E-state index is 12.4. The Labute approximate surface area is 188 Å². The lowest BCUT2D eigenvalue weighted by Gasteiger charge is -2.08. The molecule has 0 amide bonds. The molecule has 0 atom stereocenters. The Kier molecular flexibility index (Phi) is 6.01. The Balaban J connectivity index is 1.55. The van der Waals surface area contributed by atoms with Gasteiger partial charge < -0.3 is 8.92 Å². The van der Waals surface area contributed by atoms with Gasteiger partial charge in [0.05, 0.1) is 12.8 Å². The predicted molar refractivity (Wildman–Crippen MR) is 121 cm³/mol. The van der Waals surface area contributed by atoms with Crippen molar-refractivity contribution in [1.29, 1.82) is 0 Å². The molecule has 0 aliphatic rings. The Hall–Kier alpha value is -3.23. The van der Waals surface area contributed by atoms with E-state index in [4.69, 9.17) is 8.92 Å². The van der Waals surface area contributed by atoms with Gasteiger partial charge in [-0.2, -0.15) is 8.42 Å². The molecule has 0 aliphatic heterocycles. The zero-order valence-electron chi connectivity index (χ0n) is 16.4. The first-order valence-corrected chi connectivity index (χ1v) is 11.4. The van der Waals surface area contributed by atoms with Crippen LogP contribution in [0.1, 0.15) is 0 Å². The topological polar surface area (TPSA) is 78.4 Å². The minimum atomic E-state index is -3.92. The van der Waals surface area contributed by atoms with E-state index in [2.05, 4.69) is 25.9 Å². The number of benzene rings is 3. The Morgan fingerprint density at radius 2 is 1.39 bits per heavy atom. The molecular weight excluding hydrogens is 480 g/mol. The second-order valence-corrected chi connectivity index (χ2v) is 8.97. The summed E-state index contributed by atoms with van der Waals surface area (Å²) in [5.74, 6) is 1.50. The fourth-order valence-corrected chi connectivity index (χ4v) is 4.05. The van der Waals surface area contributed by atoms with Crippen LogP contribution in [0.15, 0.2) is 94.4 Å². The number of hydrogen-bond acceptors (Lipinski definition) is 6. The van der Waals surface area contributed by atoms with Crippen molar-refractivity contribution in [2.24, 2.45) is 0 Å². The molecule has 1 aromatic heterocycles. The van der Waals surface area contributed by atoms with Crippen LogP contribution in [0.2, 0.25) is 0 Å². The molecule has 0 bridgehead atoms. The summed E-state index contributed by atoms with van der Waals surface area (Å²) in [4.78, 5) is 9.02. The van der Waals surface area contributed by atoms with E-state index < -0.39 is 10.1 Å². The summed E-state index contributed by atoms with van der Waals surface area (Å²) in [5.41, 5.74) is 2.44. The second kappa shape index (κ2) is 8.87. The van der Waals surface area contributed by atoms with Crippen LogP contribution in [0.25, 0.3) is 22.6 Å². The van der Waals surface area contributed by atoms with E-state index in [1.165, 1.54) is 12.1 Å². The summed E-state index contributed by atoms with van der Waals surface area (Å²) in [6, 6.07) is 22.3. The fraction of sp³-hybridized carbons (Fsp3) is 0.0435. The van der Waals surface area contributed by atoms with Crippen LogP contribution in [0.4, 0.5) is 0 Å². The summed E-state index contributed by atoms with van der Waals surface area (Å²) in [6.45, 7) is 0. The lowest BCUT2D eigenvalue weighted by molar-refractivity contribution is 0.415. The Bertz CT molecular complexity index is 1290. The molecule has 0 spiro atoms. The first kappa shape index (κ1) is 21.0. The van der Waals surface area contributed by atoms with E-state index >= 15 is 0 Å². The minimum Gasteiger partial charge on any atom is -0.497 e. The summed E-state index contributed by atoms with van der Waals surface area (Å²) >= 11 is 3.28. The van der Waals surface area contributed by atoms with Gasteiger partial charge in [0.2, 0.25) is 0 Å². The first-order chi connectivity index (χ1) is 14.9. The minimum absolute atomic E-state index is 0.0790. The SMILES string of the molecule is COc1ccc(-c2ccnc(-c3ccc(OS(=O)(=O)c4ccc(Br)cc4)cc3)n2)cc1. The third kappa shape index (κ3) is 4.92. The molecule has 0 saturated heterocycles. The molecule has 0 aliphatic carbocycles. The van der Waals surface area contributed by atoms with Crippen molar-refractivity contribution in [2.75, 3.05) is 7.11 Å². The van der Waals surface area contributed by atoms with Crippen LogP contribution < -0.4 is 8.92 Å². The zero-order valence-corrected chi connectivity index (χ0v) is 18.8. The average Bonchev–Trinajstić information content (AvgIpc) is 2.80. The Morgan fingerprint density at radius 3 is 2.03 bits per heavy atom. The van der Waals surface area contributed by atoms with E-state index in [-0.39, 0.29) is 10.6 Å². The molecule has 0 N–H and O–H groups in total. The molecule has 4 rings (SSSR count). The van der Waals surface area contributed by atoms with Crippen molar-refractivity contribution in [1.82, 2.24) is 9.97 Å². The van der Waals surface area contributed by atoms with E-state index in [9.17, 15) is 8.42 Å². The summed E-state index contributed by atoms with van der Waals surface area (Å²) in [5, 5.41) is 0. The molecule has 1 heterocycles. The van der Waals surface area contributed by atoms with Crippen molar-refractivity contribution in [3.05, 3.63) is 89.5 Å². The van der Waals surface area contributed by atoms with E-state index in [1.807, 2.05) is 30.3 Å². The highest BCUT2D eigenvalue weighted by molar-refractivity contribution is 9.10. The number of ether oxygens (including phenoxy) is 1. The lowest BCUT2D eigenvalue weighted by atomic mass is 10.1. The highest BCUT2D eigenvalue weighted by atomic mass is 79.9. The fourth-order valence-electron chi connectivity index (χ4n) is 2.86. The third-order valence-electron chi connectivity index (χ3n) is 4.46. The van der Waals surface area contributed by atoms with E-state index in [1.54, 1.807) is 49.7 Å². The maximum absolute atomic E-state index is 12.4. The number of halogens is 1. The first-order valence-electron chi connectivity index (χ1n) is 9.22. The summed E-state index contributed by atoms with van der Waals surface area (Å²) in [7, 11) is -2.30. The van der Waals surface area contributed by atoms with Gasteiger partial charge in [-0.1, -0.05) is 15.9 Å². The van der Waals surface area contributed by atoms with Gasteiger partial charge in [-0.3, -0.25) is 0 Å². The van der Waals surface area contributed by atoms with Crippen LogP contribution >= 0.6 is 15.9 Å². The van der Waals surface area contributed by atoms with Gasteiger partial charge in [-0.15, -0.1) is 0 Å². The van der Waals surface area contributed by atoms with Crippen LogP contribution in [0.5, 0.6) is 11.5 Å². The van der Waals surface area contributed by atoms with Gasteiger partial charge in [0.1, 0.15) is 16.4 Å². The van der Waals surface area contributed by atoms with Crippen LogP contribution in [0, 0.1) is 0 Å². The van der Waals surface area contributed by atoms with Gasteiger partial charge in [-0.25, -0.2) is 9.97 Å². The van der Waals surface area contributed by atoms with Crippen molar-refractivity contribution in [2.45, 2.75) is 4.90 Å². The number of aromatic nitrogens is 2. The molecule has 156 valence electrons. The molecule has 4 aromatic rings. The number of hydrogen-bond donors (Lipinski definition) is 0. The molecule has 0 unspecified atom stereocenters. The summed E-state index contributed by atoms with van der Waals surface area (Å²) < 4.78 is 36.1. The normalized spacial score (nSPS) is 11.2. The molecular formula is C23H17BrN2O4S. The van der Waals surface area contributed by atoms with Gasteiger partial charge in [0.15, 0.2) is 5.82 Å².